The first-order valence-electron chi connectivity index (χ1n) is 4.55. The van der Waals surface area contributed by atoms with Crippen LogP contribution in [0.4, 0.5) is 0 Å². The van der Waals surface area contributed by atoms with Crippen LogP contribution >= 0.6 is 0 Å². The summed E-state index contributed by atoms with van der Waals surface area (Å²) in [4.78, 5) is 16.0. The normalized spacial score (nSPS) is 24.5. The van der Waals surface area contributed by atoms with Crippen molar-refractivity contribution in [3.63, 3.8) is 0 Å². The van der Waals surface area contributed by atoms with E-state index in [0.717, 1.165) is 5.56 Å². The third kappa shape index (κ3) is 0.947. The van der Waals surface area contributed by atoms with Crippen molar-refractivity contribution >= 4 is 5.78 Å². The van der Waals surface area contributed by atoms with E-state index in [4.69, 9.17) is 0 Å². The van der Waals surface area contributed by atoms with E-state index in [1.54, 1.807) is 6.20 Å². The lowest BCUT2D eigenvalue weighted by molar-refractivity contribution is 0.0837. The van der Waals surface area contributed by atoms with Crippen molar-refractivity contribution in [1.29, 1.82) is 0 Å². The van der Waals surface area contributed by atoms with Gasteiger partial charge in [-0.3, -0.25) is 9.78 Å². The molecule has 0 aliphatic heterocycles. The van der Waals surface area contributed by atoms with Crippen molar-refractivity contribution < 1.29 is 4.79 Å². The molecule has 0 fully saturated rings. The predicted octanol–water partition coefficient (Wildman–Crippen LogP) is 2.41. The summed E-state index contributed by atoms with van der Waals surface area (Å²) in [5, 5.41) is 0. The number of fused-ring (bicyclic) bond motifs is 1. The van der Waals surface area contributed by atoms with Gasteiger partial charge in [0.2, 0.25) is 0 Å². The van der Waals surface area contributed by atoms with Crippen LogP contribution < -0.4 is 0 Å². The highest BCUT2D eigenvalue weighted by molar-refractivity contribution is 6.03. The largest absolute Gasteiger partial charge is 0.292 e. The maximum absolute atomic E-state index is 11.9. The van der Waals surface area contributed by atoms with Crippen LogP contribution in [-0.4, -0.2) is 10.8 Å². The number of aromatic nitrogens is 1. The average molecular weight is 175 g/mol. The first-order valence-corrected chi connectivity index (χ1v) is 4.55. The summed E-state index contributed by atoms with van der Waals surface area (Å²) in [5.74, 6) is 0.458. The van der Waals surface area contributed by atoms with E-state index in [1.807, 2.05) is 26.0 Å². The fourth-order valence-corrected chi connectivity index (χ4v) is 1.85. The SMILES string of the molecule is CC1c2cccnc2C(=O)C1(C)C. The van der Waals surface area contributed by atoms with Crippen molar-refractivity contribution in [1.82, 2.24) is 4.98 Å². The number of nitrogens with zero attached hydrogens (tertiary/aromatic N) is 1. The second kappa shape index (κ2) is 2.41. The van der Waals surface area contributed by atoms with Crippen molar-refractivity contribution in [3.05, 3.63) is 29.6 Å². The Labute approximate surface area is 78.0 Å². The van der Waals surface area contributed by atoms with Crippen molar-refractivity contribution in [2.24, 2.45) is 5.41 Å². The third-order valence-corrected chi connectivity index (χ3v) is 3.19. The summed E-state index contributed by atoms with van der Waals surface area (Å²) in [7, 11) is 0. The Balaban J connectivity index is 2.64. The van der Waals surface area contributed by atoms with Gasteiger partial charge < -0.3 is 0 Å². The number of hydrogen-bond donors (Lipinski definition) is 0. The molecule has 2 nitrogen and oxygen atoms in total. The minimum Gasteiger partial charge on any atom is -0.292 e. The summed E-state index contributed by atoms with van der Waals surface area (Å²) in [6, 6.07) is 3.89. The van der Waals surface area contributed by atoms with E-state index in [1.165, 1.54) is 0 Å². The Morgan fingerprint density at radius 3 is 2.77 bits per heavy atom. The molecule has 1 heterocycles. The van der Waals surface area contributed by atoms with Crippen LogP contribution in [0.5, 0.6) is 0 Å². The van der Waals surface area contributed by atoms with Crippen LogP contribution in [-0.2, 0) is 0 Å². The molecular formula is C11H13NO. The lowest BCUT2D eigenvalue weighted by Crippen LogP contribution is -2.22. The maximum Gasteiger partial charge on any atom is 0.187 e. The van der Waals surface area contributed by atoms with Gasteiger partial charge in [0.15, 0.2) is 5.78 Å². The molecule has 2 rings (SSSR count). The zero-order valence-electron chi connectivity index (χ0n) is 8.16. The molecule has 1 aliphatic carbocycles. The van der Waals surface area contributed by atoms with Crippen LogP contribution in [0.15, 0.2) is 18.3 Å². The highest BCUT2D eigenvalue weighted by Crippen LogP contribution is 2.45. The predicted molar refractivity (Wildman–Crippen MR) is 50.8 cm³/mol. The monoisotopic (exact) mass is 175 g/mol. The summed E-state index contributed by atoms with van der Waals surface area (Å²) < 4.78 is 0. The van der Waals surface area contributed by atoms with Gasteiger partial charge in [-0.25, -0.2) is 0 Å². The van der Waals surface area contributed by atoms with E-state index in [0.29, 0.717) is 5.69 Å². The molecule has 0 radical (unpaired) electrons. The first-order chi connectivity index (χ1) is 6.05. The minimum absolute atomic E-state index is 0.176. The van der Waals surface area contributed by atoms with E-state index >= 15 is 0 Å². The molecule has 1 unspecified atom stereocenters. The minimum atomic E-state index is -0.281. The van der Waals surface area contributed by atoms with Crippen molar-refractivity contribution in [3.8, 4) is 0 Å². The molecule has 2 heteroatoms. The van der Waals surface area contributed by atoms with Crippen LogP contribution in [0.2, 0.25) is 0 Å². The van der Waals surface area contributed by atoms with Gasteiger partial charge in [0.05, 0.1) is 0 Å². The fraction of sp³-hybridized carbons (Fsp3) is 0.455. The molecular weight excluding hydrogens is 162 g/mol. The van der Waals surface area contributed by atoms with Crippen LogP contribution in [0.3, 0.4) is 0 Å². The van der Waals surface area contributed by atoms with E-state index < -0.39 is 0 Å². The molecule has 1 aromatic heterocycles. The van der Waals surface area contributed by atoms with Crippen molar-refractivity contribution in [2.75, 3.05) is 0 Å². The standard InChI is InChI=1S/C11H13NO/c1-7-8-5-4-6-12-9(8)10(13)11(7,2)3/h4-7H,1-3H3. The van der Waals surface area contributed by atoms with Gasteiger partial charge in [-0.1, -0.05) is 26.8 Å². The van der Waals surface area contributed by atoms with Crippen molar-refractivity contribution in [2.45, 2.75) is 26.7 Å². The topological polar surface area (TPSA) is 30.0 Å². The van der Waals surface area contributed by atoms with E-state index in [9.17, 15) is 4.79 Å². The molecule has 0 saturated heterocycles. The Hall–Kier alpha value is -1.18. The zero-order chi connectivity index (χ0) is 9.64. The molecule has 0 saturated carbocycles. The number of rotatable bonds is 0. The molecule has 0 aromatic carbocycles. The average Bonchev–Trinajstić information content (AvgIpc) is 2.30. The smallest absolute Gasteiger partial charge is 0.187 e. The summed E-state index contributed by atoms with van der Waals surface area (Å²) in [6.07, 6.45) is 1.69. The highest BCUT2D eigenvalue weighted by atomic mass is 16.1. The Morgan fingerprint density at radius 2 is 2.15 bits per heavy atom. The Morgan fingerprint density at radius 1 is 1.46 bits per heavy atom. The zero-order valence-corrected chi connectivity index (χ0v) is 8.16. The number of hydrogen-bond acceptors (Lipinski definition) is 2. The van der Waals surface area contributed by atoms with Gasteiger partial charge in [-0.15, -0.1) is 0 Å². The summed E-state index contributed by atoms with van der Waals surface area (Å²) in [5.41, 5.74) is 1.48. The second-order valence-electron chi connectivity index (χ2n) is 4.21. The van der Waals surface area contributed by atoms with Gasteiger partial charge >= 0.3 is 0 Å². The van der Waals surface area contributed by atoms with E-state index in [-0.39, 0.29) is 17.1 Å². The number of Topliss-reactive ketones (excluding diaryl/α,β-unsaturated/α-hetero) is 1. The van der Waals surface area contributed by atoms with Gasteiger partial charge in [0.25, 0.3) is 0 Å². The number of pyridine rings is 1. The molecule has 0 amide bonds. The molecule has 68 valence electrons. The second-order valence-corrected chi connectivity index (χ2v) is 4.21. The molecule has 0 bridgehead atoms. The molecule has 1 atom stereocenters. The fourth-order valence-electron chi connectivity index (χ4n) is 1.85. The third-order valence-electron chi connectivity index (χ3n) is 3.19. The maximum atomic E-state index is 11.9. The molecule has 0 N–H and O–H groups in total. The Kier molecular flexibility index (Phi) is 1.56. The highest BCUT2D eigenvalue weighted by Gasteiger charge is 2.44. The molecule has 1 aromatic rings. The lowest BCUT2D eigenvalue weighted by Gasteiger charge is -2.21. The summed E-state index contributed by atoms with van der Waals surface area (Å²) >= 11 is 0. The molecule has 13 heavy (non-hydrogen) atoms. The molecule has 0 spiro atoms. The van der Waals surface area contributed by atoms with Gasteiger partial charge in [-0.2, -0.15) is 0 Å². The first kappa shape index (κ1) is 8.42. The van der Waals surface area contributed by atoms with E-state index in [2.05, 4.69) is 11.9 Å². The van der Waals surface area contributed by atoms with Crippen LogP contribution in [0, 0.1) is 5.41 Å². The Bertz CT molecular complexity index is 368. The lowest BCUT2D eigenvalue weighted by atomic mass is 9.80. The van der Waals surface area contributed by atoms with Crippen LogP contribution in [0.25, 0.3) is 0 Å². The number of ketones is 1. The summed E-state index contributed by atoms with van der Waals surface area (Å²) in [6.45, 7) is 6.06. The van der Waals surface area contributed by atoms with Gasteiger partial charge in [0, 0.05) is 11.6 Å². The number of carbonyl (C=O) groups is 1. The molecule has 1 aliphatic rings. The van der Waals surface area contributed by atoms with Gasteiger partial charge in [0.1, 0.15) is 5.69 Å². The van der Waals surface area contributed by atoms with Crippen LogP contribution in [0.1, 0.15) is 42.7 Å². The number of carbonyl (C=O) groups excluding carboxylic acids is 1. The quantitative estimate of drug-likeness (QED) is 0.606. The van der Waals surface area contributed by atoms with Gasteiger partial charge in [-0.05, 0) is 17.5 Å².